The van der Waals surface area contributed by atoms with Crippen molar-refractivity contribution in [3.8, 4) is 5.75 Å². The molecule has 1 aliphatic carbocycles. The van der Waals surface area contributed by atoms with Crippen molar-refractivity contribution in [1.82, 2.24) is 0 Å². The standard InChI is InChI=1S/C25H22ClNO3/c1-16-3-5-19(6-4-16)25(28)30-27-24(18-9-13-21(29-2)14-10-18)23-15-22(23)17-7-11-20(26)12-8-17/h3-14,22-23H,15H2,1-2H3/b27-24-. The lowest BCUT2D eigenvalue weighted by Gasteiger charge is -2.08. The van der Waals surface area contributed by atoms with E-state index in [2.05, 4.69) is 5.16 Å². The number of rotatable bonds is 6. The summed E-state index contributed by atoms with van der Waals surface area (Å²) in [6.07, 6.45) is 0.939. The van der Waals surface area contributed by atoms with E-state index in [1.54, 1.807) is 19.2 Å². The summed E-state index contributed by atoms with van der Waals surface area (Å²) in [4.78, 5) is 17.8. The van der Waals surface area contributed by atoms with Crippen LogP contribution in [-0.2, 0) is 4.84 Å². The topological polar surface area (TPSA) is 47.9 Å². The van der Waals surface area contributed by atoms with Crippen molar-refractivity contribution in [2.45, 2.75) is 19.3 Å². The maximum absolute atomic E-state index is 12.5. The summed E-state index contributed by atoms with van der Waals surface area (Å²) < 4.78 is 5.25. The molecule has 0 aliphatic heterocycles. The minimum atomic E-state index is -0.468. The van der Waals surface area contributed by atoms with Crippen molar-refractivity contribution in [1.29, 1.82) is 0 Å². The van der Waals surface area contributed by atoms with Gasteiger partial charge in [0.25, 0.3) is 0 Å². The van der Waals surface area contributed by atoms with Gasteiger partial charge in [-0.1, -0.05) is 46.6 Å². The number of carbonyl (C=O) groups is 1. The molecule has 0 spiro atoms. The quantitative estimate of drug-likeness (QED) is 0.279. The van der Waals surface area contributed by atoms with Crippen molar-refractivity contribution >= 4 is 23.3 Å². The Labute approximate surface area is 181 Å². The Balaban J connectivity index is 1.58. The molecule has 1 aliphatic rings. The molecule has 1 saturated carbocycles. The predicted octanol–water partition coefficient (Wildman–Crippen LogP) is 6.02. The van der Waals surface area contributed by atoms with Crippen LogP contribution >= 0.6 is 11.6 Å². The fraction of sp³-hybridized carbons (Fsp3) is 0.200. The first-order valence-corrected chi connectivity index (χ1v) is 10.2. The normalized spacial score (nSPS) is 18.0. The molecule has 0 heterocycles. The van der Waals surface area contributed by atoms with Gasteiger partial charge < -0.3 is 9.57 Å². The molecular formula is C25H22ClNO3. The average molecular weight is 420 g/mol. The van der Waals surface area contributed by atoms with Gasteiger partial charge in [-0.25, -0.2) is 4.79 Å². The van der Waals surface area contributed by atoms with Crippen molar-refractivity contribution in [2.75, 3.05) is 7.11 Å². The predicted molar refractivity (Wildman–Crippen MR) is 118 cm³/mol. The van der Waals surface area contributed by atoms with E-state index in [1.807, 2.05) is 67.6 Å². The van der Waals surface area contributed by atoms with E-state index < -0.39 is 5.97 Å². The van der Waals surface area contributed by atoms with Gasteiger partial charge in [0.05, 0.1) is 18.4 Å². The fourth-order valence-electron chi connectivity index (χ4n) is 3.50. The molecule has 0 bridgehead atoms. The van der Waals surface area contributed by atoms with E-state index in [-0.39, 0.29) is 5.92 Å². The van der Waals surface area contributed by atoms with Crippen LogP contribution in [0.5, 0.6) is 5.75 Å². The molecule has 0 aromatic heterocycles. The lowest BCUT2D eigenvalue weighted by molar-refractivity contribution is 0.0515. The molecule has 3 aromatic carbocycles. The highest BCUT2D eigenvalue weighted by Gasteiger charge is 2.43. The highest BCUT2D eigenvalue weighted by atomic mass is 35.5. The number of hydrogen-bond acceptors (Lipinski definition) is 4. The summed E-state index contributed by atoms with van der Waals surface area (Å²) >= 11 is 6.02. The number of oxime groups is 1. The van der Waals surface area contributed by atoms with Crippen LogP contribution in [0.3, 0.4) is 0 Å². The SMILES string of the molecule is COc1ccc(/C(=N/OC(=O)c2ccc(C)cc2)C2CC2c2ccc(Cl)cc2)cc1. The number of halogens is 1. The Hall–Kier alpha value is -3.11. The first-order chi connectivity index (χ1) is 14.5. The van der Waals surface area contributed by atoms with Crippen molar-refractivity contribution in [3.05, 3.63) is 100 Å². The molecule has 5 heteroatoms. The Morgan fingerprint density at radius 3 is 2.20 bits per heavy atom. The van der Waals surface area contributed by atoms with Crippen LogP contribution < -0.4 is 4.74 Å². The van der Waals surface area contributed by atoms with E-state index in [0.29, 0.717) is 16.5 Å². The Morgan fingerprint density at radius 2 is 1.57 bits per heavy atom. The number of methoxy groups -OCH3 is 1. The highest BCUT2D eigenvalue weighted by molar-refractivity contribution is 6.30. The van der Waals surface area contributed by atoms with Gasteiger partial charge in [-0.2, -0.15) is 0 Å². The van der Waals surface area contributed by atoms with Crippen molar-refractivity contribution in [2.24, 2.45) is 11.1 Å². The molecule has 3 aromatic rings. The first kappa shape index (κ1) is 20.2. The summed E-state index contributed by atoms with van der Waals surface area (Å²) in [5.74, 6) is 0.788. The smallest absolute Gasteiger partial charge is 0.365 e. The number of aryl methyl sites for hydroxylation is 1. The third kappa shape index (κ3) is 4.55. The third-order valence-electron chi connectivity index (χ3n) is 5.34. The Bertz CT molecular complexity index is 1060. The number of hydrogen-bond donors (Lipinski definition) is 0. The lowest BCUT2D eigenvalue weighted by atomic mass is 10.0. The maximum atomic E-state index is 12.5. The lowest BCUT2D eigenvalue weighted by Crippen LogP contribution is -2.09. The second kappa shape index (κ2) is 8.72. The molecule has 0 N–H and O–H groups in total. The Morgan fingerprint density at radius 1 is 0.933 bits per heavy atom. The Kier molecular flexibility index (Phi) is 5.86. The molecule has 4 rings (SSSR count). The summed E-state index contributed by atoms with van der Waals surface area (Å²) in [5.41, 5.74) is 4.43. The van der Waals surface area contributed by atoms with E-state index in [1.165, 1.54) is 5.56 Å². The summed E-state index contributed by atoms with van der Waals surface area (Å²) in [5, 5.41) is 5.02. The van der Waals surface area contributed by atoms with E-state index in [4.69, 9.17) is 21.2 Å². The van der Waals surface area contributed by atoms with Gasteiger partial charge in [0.15, 0.2) is 0 Å². The second-order valence-electron chi connectivity index (χ2n) is 7.45. The molecule has 2 atom stereocenters. The molecule has 0 amide bonds. The zero-order valence-electron chi connectivity index (χ0n) is 16.8. The van der Waals surface area contributed by atoms with Gasteiger partial charge in [0, 0.05) is 10.9 Å². The first-order valence-electron chi connectivity index (χ1n) is 9.81. The molecule has 1 fully saturated rings. The molecule has 30 heavy (non-hydrogen) atoms. The van der Waals surface area contributed by atoms with Crippen LogP contribution in [-0.4, -0.2) is 18.8 Å². The van der Waals surface area contributed by atoms with Gasteiger partial charge in [0.2, 0.25) is 0 Å². The molecule has 0 saturated heterocycles. The van der Waals surface area contributed by atoms with E-state index >= 15 is 0 Å². The van der Waals surface area contributed by atoms with Gasteiger partial charge in [-0.15, -0.1) is 0 Å². The van der Waals surface area contributed by atoms with Crippen LogP contribution in [0, 0.1) is 12.8 Å². The molecule has 152 valence electrons. The van der Waals surface area contributed by atoms with Crippen molar-refractivity contribution in [3.63, 3.8) is 0 Å². The average Bonchev–Trinajstić information content (AvgIpc) is 3.56. The van der Waals surface area contributed by atoms with Crippen LogP contribution in [0.2, 0.25) is 5.02 Å². The minimum Gasteiger partial charge on any atom is -0.497 e. The summed E-state index contributed by atoms with van der Waals surface area (Å²) in [6, 6.07) is 22.8. The van der Waals surface area contributed by atoms with Crippen LogP contribution in [0.15, 0.2) is 78.0 Å². The van der Waals surface area contributed by atoms with Crippen LogP contribution in [0.25, 0.3) is 0 Å². The number of nitrogens with zero attached hydrogens (tertiary/aromatic N) is 1. The molecular weight excluding hydrogens is 398 g/mol. The largest absolute Gasteiger partial charge is 0.497 e. The zero-order chi connectivity index (χ0) is 21.1. The maximum Gasteiger partial charge on any atom is 0.365 e. The molecule has 2 unspecified atom stereocenters. The monoisotopic (exact) mass is 419 g/mol. The van der Waals surface area contributed by atoms with Gasteiger partial charge >= 0.3 is 5.97 Å². The number of ether oxygens (including phenoxy) is 1. The second-order valence-corrected chi connectivity index (χ2v) is 7.89. The molecule has 4 nitrogen and oxygen atoms in total. The summed E-state index contributed by atoms with van der Waals surface area (Å²) in [7, 11) is 1.63. The fourth-order valence-corrected chi connectivity index (χ4v) is 3.63. The van der Waals surface area contributed by atoms with E-state index in [9.17, 15) is 4.79 Å². The van der Waals surface area contributed by atoms with Crippen LogP contribution in [0.4, 0.5) is 0 Å². The molecule has 0 radical (unpaired) electrons. The summed E-state index contributed by atoms with van der Waals surface area (Å²) in [6.45, 7) is 1.97. The van der Waals surface area contributed by atoms with Gasteiger partial charge in [-0.05, 0) is 78.9 Å². The van der Waals surface area contributed by atoms with Gasteiger partial charge in [0.1, 0.15) is 5.75 Å². The van der Waals surface area contributed by atoms with E-state index in [0.717, 1.165) is 29.0 Å². The number of carbonyl (C=O) groups excluding carboxylic acids is 1. The van der Waals surface area contributed by atoms with Crippen molar-refractivity contribution < 1.29 is 14.4 Å². The van der Waals surface area contributed by atoms with Gasteiger partial charge in [-0.3, -0.25) is 0 Å². The third-order valence-corrected chi connectivity index (χ3v) is 5.59. The highest BCUT2D eigenvalue weighted by Crippen LogP contribution is 2.49. The minimum absolute atomic E-state index is 0.172. The van der Waals surface area contributed by atoms with Crippen LogP contribution in [0.1, 0.15) is 39.4 Å². The zero-order valence-corrected chi connectivity index (χ0v) is 17.6. The number of benzene rings is 3.